The quantitative estimate of drug-likeness (QED) is 0.290. The van der Waals surface area contributed by atoms with Gasteiger partial charge in [-0.1, -0.05) is 18.2 Å². The van der Waals surface area contributed by atoms with Crippen LogP contribution in [-0.4, -0.2) is 59.2 Å². The molecular formula is C22H22N4O7S. The van der Waals surface area contributed by atoms with Crippen LogP contribution in [0.1, 0.15) is 11.3 Å². The van der Waals surface area contributed by atoms with E-state index in [0.717, 1.165) is 27.1 Å². The van der Waals surface area contributed by atoms with Crippen LogP contribution in [0.5, 0.6) is 5.75 Å². The molecule has 0 unspecified atom stereocenters. The van der Waals surface area contributed by atoms with E-state index >= 15 is 0 Å². The van der Waals surface area contributed by atoms with Crippen LogP contribution >= 0.6 is 0 Å². The Labute approximate surface area is 195 Å². The molecule has 0 spiro atoms. The number of carbonyl (C=O) groups excluding carboxylic acids is 1. The number of pyridine rings is 1. The molecule has 34 heavy (non-hydrogen) atoms. The molecule has 12 heteroatoms. The number of carbonyl (C=O) groups is 2. The Morgan fingerprint density at radius 1 is 1.15 bits per heavy atom. The number of aryl methyl sites for hydroxylation is 1. The van der Waals surface area contributed by atoms with Gasteiger partial charge in [0.15, 0.2) is 0 Å². The van der Waals surface area contributed by atoms with Crippen LogP contribution in [-0.2, 0) is 21.4 Å². The van der Waals surface area contributed by atoms with E-state index in [9.17, 15) is 18.0 Å². The number of nitrogens with one attached hydrogen (secondary N) is 2. The molecule has 0 radical (unpaired) electrons. The van der Waals surface area contributed by atoms with E-state index in [-0.39, 0.29) is 11.5 Å². The molecule has 1 aromatic heterocycles. The fourth-order valence-electron chi connectivity index (χ4n) is 3.81. The third-order valence-electron chi connectivity index (χ3n) is 5.52. The van der Waals surface area contributed by atoms with Gasteiger partial charge in [-0.25, -0.2) is 18.7 Å². The van der Waals surface area contributed by atoms with Crippen molar-refractivity contribution in [3.8, 4) is 5.75 Å². The summed E-state index contributed by atoms with van der Waals surface area (Å²) in [6.07, 6.45) is -1.31. The molecule has 11 nitrogen and oxygen atoms in total. The average Bonchev–Trinajstić information content (AvgIpc) is 2.79. The van der Waals surface area contributed by atoms with E-state index in [2.05, 4.69) is 9.71 Å². The third kappa shape index (κ3) is 4.51. The first kappa shape index (κ1) is 23.4. The number of rotatable bonds is 7. The normalized spacial score (nSPS) is 14.9. The van der Waals surface area contributed by atoms with Gasteiger partial charge in [-0.2, -0.15) is 4.72 Å². The Morgan fingerprint density at radius 2 is 1.82 bits per heavy atom. The minimum absolute atomic E-state index is 0.149. The van der Waals surface area contributed by atoms with Crippen molar-refractivity contribution in [2.24, 2.45) is 0 Å². The molecule has 2 amide bonds. The number of aromatic nitrogens is 1. The van der Waals surface area contributed by atoms with Gasteiger partial charge in [0.05, 0.1) is 23.5 Å². The average molecular weight is 487 g/mol. The van der Waals surface area contributed by atoms with E-state index in [1.54, 1.807) is 0 Å². The molecule has 1 aliphatic rings. The lowest BCUT2D eigenvalue weighted by Crippen LogP contribution is -2.76. The molecular weight excluding hydrogens is 464 g/mol. The lowest BCUT2D eigenvalue weighted by atomic mass is 9.91. The molecule has 0 aliphatic carbocycles. The Morgan fingerprint density at radius 3 is 2.47 bits per heavy atom. The van der Waals surface area contributed by atoms with Crippen molar-refractivity contribution in [3.63, 3.8) is 0 Å². The zero-order chi connectivity index (χ0) is 24.5. The van der Waals surface area contributed by atoms with Gasteiger partial charge in [-0.05, 0) is 43.3 Å². The highest BCUT2D eigenvalue weighted by atomic mass is 32.2. The number of likely N-dealkylation sites (tertiary alicyclic amines) is 1. The molecule has 3 aromatic rings. The number of nitrogens with zero attached hydrogens (tertiary/aromatic N) is 2. The number of benzene rings is 2. The van der Waals surface area contributed by atoms with Crippen molar-refractivity contribution in [1.29, 1.82) is 0 Å². The van der Waals surface area contributed by atoms with Crippen LogP contribution in [0.2, 0.25) is 0 Å². The van der Waals surface area contributed by atoms with Crippen LogP contribution in [0.3, 0.4) is 0 Å². The summed E-state index contributed by atoms with van der Waals surface area (Å²) >= 11 is 0. The SMILES string of the molecule is Cc1cc(COc2ccc(S(=O)(=O)NC3(C(=O)NO)CN(C(=O)O)C3)cc2)c2ccccc2n1. The number of hydrogen-bond donors (Lipinski definition) is 4. The number of fused-ring (bicyclic) bond motifs is 1. The minimum atomic E-state index is -4.21. The number of para-hydroxylation sites is 1. The molecule has 1 fully saturated rings. The second kappa shape index (κ2) is 8.89. The van der Waals surface area contributed by atoms with Crippen LogP contribution < -0.4 is 14.9 Å². The van der Waals surface area contributed by atoms with Crippen molar-refractivity contribution in [3.05, 3.63) is 65.9 Å². The molecule has 0 atom stereocenters. The van der Waals surface area contributed by atoms with Crippen molar-refractivity contribution in [2.75, 3.05) is 13.1 Å². The second-order valence-electron chi connectivity index (χ2n) is 7.97. The Hall–Kier alpha value is -3.74. The molecule has 2 aromatic carbocycles. The van der Waals surface area contributed by atoms with Gasteiger partial charge in [0.25, 0.3) is 5.91 Å². The summed E-state index contributed by atoms with van der Waals surface area (Å²) in [6, 6.07) is 15.2. The fourth-order valence-corrected chi connectivity index (χ4v) is 5.16. The lowest BCUT2D eigenvalue weighted by molar-refractivity contribution is -0.141. The van der Waals surface area contributed by atoms with E-state index in [1.807, 2.05) is 37.3 Å². The molecule has 1 saturated heterocycles. The number of ether oxygens (including phenoxy) is 1. The van der Waals surface area contributed by atoms with Crippen LogP contribution in [0.15, 0.2) is 59.5 Å². The van der Waals surface area contributed by atoms with Gasteiger partial charge in [0.2, 0.25) is 10.0 Å². The van der Waals surface area contributed by atoms with Gasteiger partial charge < -0.3 is 14.7 Å². The second-order valence-corrected chi connectivity index (χ2v) is 9.65. The third-order valence-corrected chi connectivity index (χ3v) is 7.07. The Balaban J connectivity index is 1.48. The zero-order valence-electron chi connectivity index (χ0n) is 18.1. The smallest absolute Gasteiger partial charge is 0.407 e. The summed E-state index contributed by atoms with van der Waals surface area (Å²) in [4.78, 5) is 28.3. The summed E-state index contributed by atoms with van der Waals surface area (Å²) in [5, 5.41) is 18.9. The van der Waals surface area contributed by atoms with Crippen molar-refractivity contribution in [1.82, 2.24) is 20.1 Å². The maximum atomic E-state index is 12.8. The molecule has 2 heterocycles. The molecule has 0 saturated carbocycles. The maximum absolute atomic E-state index is 12.8. The monoisotopic (exact) mass is 486 g/mol. The van der Waals surface area contributed by atoms with Crippen molar-refractivity contribution < 1.29 is 33.1 Å². The van der Waals surface area contributed by atoms with E-state index in [0.29, 0.717) is 5.75 Å². The van der Waals surface area contributed by atoms with Gasteiger partial charge >= 0.3 is 6.09 Å². The molecule has 1 aliphatic heterocycles. The first-order chi connectivity index (χ1) is 16.1. The summed E-state index contributed by atoms with van der Waals surface area (Å²) < 4.78 is 33.7. The van der Waals surface area contributed by atoms with Gasteiger partial charge in [-0.3, -0.25) is 15.0 Å². The van der Waals surface area contributed by atoms with Gasteiger partial charge in [0, 0.05) is 16.6 Å². The van der Waals surface area contributed by atoms with Gasteiger partial charge in [0.1, 0.15) is 17.9 Å². The number of carboxylic acid groups (broad SMARTS) is 1. The summed E-state index contributed by atoms with van der Waals surface area (Å²) in [6.45, 7) is 1.27. The number of amides is 2. The van der Waals surface area contributed by atoms with Crippen molar-refractivity contribution in [2.45, 2.75) is 24.0 Å². The maximum Gasteiger partial charge on any atom is 0.407 e. The topological polar surface area (TPSA) is 158 Å². The van der Waals surface area contributed by atoms with Crippen molar-refractivity contribution >= 4 is 32.9 Å². The highest BCUT2D eigenvalue weighted by Crippen LogP contribution is 2.26. The first-order valence-electron chi connectivity index (χ1n) is 10.2. The highest BCUT2D eigenvalue weighted by molar-refractivity contribution is 7.89. The number of sulfonamides is 1. The zero-order valence-corrected chi connectivity index (χ0v) is 18.9. The summed E-state index contributed by atoms with van der Waals surface area (Å²) in [5.41, 5.74) is 2.23. The fraction of sp³-hybridized carbons (Fsp3) is 0.227. The molecule has 178 valence electrons. The molecule has 0 bridgehead atoms. The first-order valence-corrected chi connectivity index (χ1v) is 11.7. The van der Waals surface area contributed by atoms with E-state index in [4.69, 9.17) is 15.1 Å². The summed E-state index contributed by atoms with van der Waals surface area (Å²) in [5.74, 6) is -0.616. The number of hydrogen-bond acceptors (Lipinski definition) is 7. The lowest BCUT2D eigenvalue weighted by Gasteiger charge is -2.46. The van der Waals surface area contributed by atoms with Crippen LogP contribution in [0.25, 0.3) is 10.9 Å². The standard InChI is InChI=1S/C22H22N4O7S/c1-14-10-15(18-4-2-3-5-19(18)23-14)11-33-16-6-8-17(9-7-16)34(31,32)25-22(20(27)24-30)12-26(13-22)21(28)29/h2-10,25,30H,11-13H2,1H3,(H,24,27)(H,28,29). The van der Waals surface area contributed by atoms with Crippen LogP contribution in [0.4, 0.5) is 4.79 Å². The molecule has 4 rings (SSSR count). The van der Waals surface area contributed by atoms with Gasteiger partial charge in [-0.15, -0.1) is 0 Å². The predicted octanol–water partition coefficient (Wildman–Crippen LogP) is 1.64. The van der Waals surface area contributed by atoms with E-state index < -0.39 is 40.7 Å². The largest absolute Gasteiger partial charge is 0.489 e. The number of hydroxylamine groups is 1. The minimum Gasteiger partial charge on any atom is -0.489 e. The predicted molar refractivity (Wildman–Crippen MR) is 120 cm³/mol. The van der Waals surface area contributed by atoms with Crippen LogP contribution in [0, 0.1) is 6.92 Å². The Bertz CT molecular complexity index is 1350. The molecule has 4 N–H and O–H groups in total. The van der Waals surface area contributed by atoms with E-state index in [1.165, 1.54) is 29.7 Å². The Kier molecular flexibility index (Phi) is 6.13. The summed E-state index contributed by atoms with van der Waals surface area (Å²) in [7, 11) is -4.21. The highest BCUT2D eigenvalue weighted by Gasteiger charge is 2.54.